The first-order valence-electron chi connectivity index (χ1n) is 3.56. The second-order valence-corrected chi connectivity index (χ2v) is 5.82. The molecule has 0 N–H and O–H groups in total. The maximum absolute atomic E-state index is 11.4. The van der Waals surface area contributed by atoms with Crippen molar-refractivity contribution in [1.82, 2.24) is 0 Å². The van der Waals surface area contributed by atoms with Gasteiger partial charge in [-0.3, -0.25) is 4.79 Å². The maximum Gasteiger partial charge on any atom is 0.164 e. The van der Waals surface area contributed by atoms with Crippen LogP contribution in [0.2, 0.25) is 0 Å². The van der Waals surface area contributed by atoms with Crippen LogP contribution in [0.5, 0.6) is 0 Å². The summed E-state index contributed by atoms with van der Waals surface area (Å²) in [6.07, 6.45) is 0.476. The summed E-state index contributed by atoms with van der Waals surface area (Å²) in [7, 11) is 0. The number of hydrogen-bond acceptors (Lipinski definition) is 1. The maximum atomic E-state index is 11.4. The Labute approximate surface area is 88.4 Å². The van der Waals surface area contributed by atoms with Crippen molar-refractivity contribution >= 4 is 37.6 Å². The van der Waals surface area contributed by atoms with E-state index in [1.54, 1.807) is 0 Å². The smallest absolute Gasteiger partial charge is 0.164 e. The fourth-order valence-electron chi connectivity index (χ4n) is 0.882. The highest BCUT2D eigenvalue weighted by molar-refractivity contribution is 9.24. The van der Waals surface area contributed by atoms with Crippen molar-refractivity contribution in [3.8, 4) is 0 Å². The minimum absolute atomic E-state index is 0.0673. The predicted molar refractivity (Wildman–Crippen MR) is 57.0 cm³/mol. The molecule has 0 saturated heterocycles. The lowest BCUT2D eigenvalue weighted by Gasteiger charge is -2.00. The quantitative estimate of drug-likeness (QED) is 0.616. The van der Waals surface area contributed by atoms with E-state index in [1.165, 1.54) is 0 Å². The average molecular weight is 292 g/mol. The van der Waals surface area contributed by atoms with Crippen molar-refractivity contribution in [2.75, 3.05) is 0 Å². The zero-order chi connectivity index (χ0) is 8.97. The Bertz CT molecular complexity index is 256. The number of halogens is 2. The van der Waals surface area contributed by atoms with Crippen LogP contribution in [0.25, 0.3) is 0 Å². The molecule has 0 aliphatic heterocycles. The Morgan fingerprint density at radius 3 is 2.33 bits per heavy atom. The number of rotatable bonds is 3. The molecule has 1 nitrogen and oxygen atoms in total. The van der Waals surface area contributed by atoms with Crippen LogP contribution in [0.4, 0.5) is 0 Å². The van der Waals surface area contributed by atoms with E-state index in [9.17, 15) is 4.79 Å². The monoisotopic (exact) mass is 290 g/mol. The predicted octanol–water partition coefficient (Wildman–Crippen LogP) is 3.38. The van der Waals surface area contributed by atoms with E-state index in [0.29, 0.717) is 6.42 Å². The van der Waals surface area contributed by atoms with Crippen molar-refractivity contribution in [2.24, 2.45) is 0 Å². The van der Waals surface area contributed by atoms with Crippen LogP contribution in [0.3, 0.4) is 0 Å². The summed E-state index contributed by atoms with van der Waals surface area (Å²) in [6.45, 7) is 0. The summed E-state index contributed by atoms with van der Waals surface area (Å²) in [5.41, 5.74) is 0.765. The number of ketones is 1. The molecule has 0 amide bonds. The standard InChI is InChI=1S/C9H8Br2O/c10-9(11)6-8(12)7-4-2-1-3-5-7/h1-5,9H,6H2. The highest BCUT2D eigenvalue weighted by Crippen LogP contribution is 2.15. The molecule has 0 fully saturated rings. The van der Waals surface area contributed by atoms with Gasteiger partial charge in [0, 0.05) is 12.0 Å². The molecule has 0 aliphatic carbocycles. The lowest BCUT2D eigenvalue weighted by atomic mass is 10.1. The molecular weight excluding hydrogens is 284 g/mol. The summed E-state index contributed by atoms with van der Waals surface area (Å²) in [5.74, 6) is 0.148. The van der Waals surface area contributed by atoms with E-state index in [4.69, 9.17) is 0 Å². The zero-order valence-electron chi connectivity index (χ0n) is 6.34. The third-order valence-corrected chi connectivity index (χ3v) is 2.08. The molecule has 0 bridgehead atoms. The molecule has 0 atom stereocenters. The Morgan fingerprint density at radius 1 is 1.25 bits per heavy atom. The molecule has 0 aliphatic rings. The van der Waals surface area contributed by atoms with Gasteiger partial charge in [0.2, 0.25) is 0 Å². The van der Waals surface area contributed by atoms with Crippen LogP contribution in [0.15, 0.2) is 30.3 Å². The average Bonchev–Trinajstić information content (AvgIpc) is 2.05. The van der Waals surface area contributed by atoms with Gasteiger partial charge in [0.25, 0.3) is 0 Å². The summed E-state index contributed by atoms with van der Waals surface area (Å²) in [6, 6.07) is 9.28. The molecular formula is C9H8Br2O. The number of carbonyl (C=O) groups excluding carboxylic acids is 1. The second kappa shape index (κ2) is 4.77. The first-order chi connectivity index (χ1) is 5.70. The summed E-state index contributed by atoms with van der Waals surface area (Å²) < 4.78 is 0.0673. The molecule has 64 valence electrons. The van der Waals surface area contributed by atoms with Crippen LogP contribution in [-0.4, -0.2) is 9.52 Å². The number of carbonyl (C=O) groups is 1. The fraction of sp³-hybridized carbons (Fsp3) is 0.222. The first kappa shape index (κ1) is 9.93. The van der Waals surface area contributed by atoms with Gasteiger partial charge in [0.05, 0.1) is 3.74 Å². The molecule has 1 aromatic carbocycles. The van der Waals surface area contributed by atoms with Gasteiger partial charge in [-0.25, -0.2) is 0 Å². The zero-order valence-corrected chi connectivity index (χ0v) is 9.51. The molecule has 0 heterocycles. The Balaban J connectivity index is 2.66. The van der Waals surface area contributed by atoms with Crippen molar-refractivity contribution in [3.63, 3.8) is 0 Å². The van der Waals surface area contributed by atoms with Crippen LogP contribution >= 0.6 is 31.9 Å². The van der Waals surface area contributed by atoms with Crippen LogP contribution in [0.1, 0.15) is 16.8 Å². The number of Topliss-reactive ketones (excluding diaryl/α,β-unsaturated/α-hetero) is 1. The van der Waals surface area contributed by atoms with Gasteiger partial charge in [-0.15, -0.1) is 0 Å². The first-order valence-corrected chi connectivity index (χ1v) is 5.39. The van der Waals surface area contributed by atoms with Gasteiger partial charge in [0.1, 0.15) is 0 Å². The largest absolute Gasteiger partial charge is 0.294 e. The van der Waals surface area contributed by atoms with Crippen molar-refractivity contribution < 1.29 is 4.79 Å². The number of alkyl halides is 2. The molecule has 0 radical (unpaired) electrons. The Kier molecular flexibility index (Phi) is 3.95. The topological polar surface area (TPSA) is 17.1 Å². The normalized spacial score (nSPS) is 10.2. The van der Waals surface area contributed by atoms with Crippen molar-refractivity contribution in [2.45, 2.75) is 10.2 Å². The third kappa shape index (κ3) is 3.07. The minimum Gasteiger partial charge on any atom is -0.294 e. The number of benzene rings is 1. The van der Waals surface area contributed by atoms with E-state index >= 15 is 0 Å². The van der Waals surface area contributed by atoms with Gasteiger partial charge < -0.3 is 0 Å². The molecule has 3 heteroatoms. The summed E-state index contributed by atoms with van der Waals surface area (Å²) >= 11 is 6.54. The van der Waals surface area contributed by atoms with Crippen molar-refractivity contribution in [3.05, 3.63) is 35.9 Å². The van der Waals surface area contributed by atoms with Gasteiger partial charge in [-0.2, -0.15) is 0 Å². The number of hydrogen-bond donors (Lipinski definition) is 0. The van der Waals surface area contributed by atoms with Gasteiger partial charge in [-0.1, -0.05) is 62.2 Å². The SMILES string of the molecule is O=C(CC(Br)Br)c1ccccc1. The summed E-state index contributed by atoms with van der Waals surface area (Å²) in [4.78, 5) is 11.4. The van der Waals surface area contributed by atoms with E-state index in [-0.39, 0.29) is 9.52 Å². The van der Waals surface area contributed by atoms with E-state index in [1.807, 2.05) is 30.3 Å². The molecule has 0 spiro atoms. The van der Waals surface area contributed by atoms with Crippen LogP contribution in [-0.2, 0) is 0 Å². The third-order valence-electron chi connectivity index (χ3n) is 1.44. The highest BCUT2D eigenvalue weighted by atomic mass is 79.9. The minimum atomic E-state index is 0.0673. The molecule has 0 aromatic heterocycles. The fourth-order valence-corrected chi connectivity index (χ4v) is 1.47. The van der Waals surface area contributed by atoms with Crippen molar-refractivity contribution in [1.29, 1.82) is 0 Å². The lowest BCUT2D eigenvalue weighted by Crippen LogP contribution is -2.02. The summed E-state index contributed by atoms with van der Waals surface area (Å²) in [5, 5.41) is 0. The van der Waals surface area contributed by atoms with Gasteiger partial charge in [0.15, 0.2) is 5.78 Å². The highest BCUT2D eigenvalue weighted by Gasteiger charge is 2.08. The Morgan fingerprint density at radius 2 is 1.83 bits per heavy atom. The van der Waals surface area contributed by atoms with Crippen LogP contribution in [0, 0.1) is 0 Å². The second-order valence-electron chi connectivity index (χ2n) is 2.38. The van der Waals surface area contributed by atoms with Gasteiger partial charge >= 0.3 is 0 Å². The van der Waals surface area contributed by atoms with Crippen LogP contribution < -0.4 is 0 Å². The molecule has 0 saturated carbocycles. The molecule has 1 aromatic rings. The van der Waals surface area contributed by atoms with E-state index < -0.39 is 0 Å². The van der Waals surface area contributed by atoms with E-state index in [2.05, 4.69) is 31.9 Å². The molecule has 12 heavy (non-hydrogen) atoms. The molecule has 0 unspecified atom stereocenters. The lowest BCUT2D eigenvalue weighted by molar-refractivity contribution is 0.0988. The van der Waals surface area contributed by atoms with Gasteiger partial charge in [-0.05, 0) is 0 Å². The molecule has 1 rings (SSSR count). The van der Waals surface area contributed by atoms with E-state index in [0.717, 1.165) is 5.56 Å². The Hall–Kier alpha value is -0.150.